The molecule has 0 aliphatic carbocycles. The molecule has 3 atom stereocenters. The van der Waals surface area contributed by atoms with E-state index < -0.39 is 18.0 Å². The van der Waals surface area contributed by atoms with E-state index in [0.717, 1.165) is 12.8 Å². The van der Waals surface area contributed by atoms with Crippen LogP contribution in [0.25, 0.3) is 0 Å². The number of carbonyl (C=O) groups is 1. The summed E-state index contributed by atoms with van der Waals surface area (Å²) in [4.78, 5) is 12.0. The van der Waals surface area contributed by atoms with Crippen molar-refractivity contribution >= 4 is 5.91 Å². The fourth-order valence-electron chi connectivity index (χ4n) is 2.06. The molecule has 21 heavy (non-hydrogen) atoms. The van der Waals surface area contributed by atoms with Gasteiger partial charge in [0.05, 0.1) is 6.10 Å². The van der Waals surface area contributed by atoms with E-state index in [2.05, 4.69) is 5.32 Å². The Morgan fingerprint density at radius 3 is 2.62 bits per heavy atom. The Labute approximate surface area is 125 Å². The Kier molecular flexibility index (Phi) is 6.62. The summed E-state index contributed by atoms with van der Waals surface area (Å²) in [5.74, 6) is -0.533. The fraction of sp³-hybridized carbons (Fsp3) is 0.562. The minimum Gasteiger partial charge on any atom is -0.480 e. The van der Waals surface area contributed by atoms with Crippen molar-refractivity contribution in [3.05, 3.63) is 29.6 Å². The molecule has 2 N–H and O–H groups in total. The van der Waals surface area contributed by atoms with Crippen molar-refractivity contribution in [1.29, 1.82) is 0 Å². The molecule has 0 bridgehead atoms. The van der Waals surface area contributed by atoms with Gasteiger partial charge in [0.15, 0.2) is 6.10 Å². The molecule has 0 radical (unpaired) electrons. The lowest BCUT2D eigenvalue weighted by Gasteiger charge is -2.20. The largest absolute Gasteiger partial charge is 0.480 e. The summed E-state index contributed by atoms with van der Waals surface area (Å²) in [5.41, 5.74) is 0.456. The van der Waals surface area contributed by atoms with Gasteiger partial charge in [-0.2, -0.15) is 0 Å². The average Bonchev–Trinajstić information content (AvgIpc) is 2.38. The first kappa shape index (κ1) is 17.4. The molecule has 4 nitrogen and oxygen atoms in total. The molecule has 1 aromatic carbocycles. The van der Waals surface area contributed by atoms with Crippen molar-refractivity contribution < 1.29 is 19.0 Å². The number of hydrogen-bond donors (Lipinski definition) is 2. The second-order valence-electron chi connectivity index (χ2n) is 5.32. The monoisotopic (exact) mass is 297 g/mol. The Morgan fingerprint density at radius 1 is 1.38 bits per heavy atom. The van der Waals surface area contributed by atoms with Gasteiger partial charge in [-0.25, -0.2) is 4.39 Å². The highest BCUT2D eigenvalue weighted by molar-refractivity contribution is 5.81. The van der Waals surface area contributed by atoms with Crippen LogP contribution in [0.5, 0.6) is 5.75 Å². The maximum Gasteiger partial charge on any atom is 0.260 e. The van der Waals surface area contributed by atoms with Gasteiger partial charge in [-0.1, -0.05) is 13.3 Å². The third-order valence-electron chi connectivity index (χ3n) is 3.21. The predicted octanol–water partition coefficient (Wildman–Crippen LogP) is 2.95. The van der Waals surface area contributed by atoms with Crippen LogP contribution in [-0.2, 0) is 4.79 Å². The number of amides is 1. The summed E-state index contributed by atoms with van der Waals surface area (Å²) in [6, 6.07) is 3.96. The zero-order valence-electron chi connectivity index (χ0n) is 13.0. The third-order valence-corrected chi connectivity index (χ3v) is 3.21. The van der Waals surface area contributed by atoms with Crippen LogP contribution in [0.2, 0.25) is 0 Å². The number of carbonyl (C=O) groups excluding carboxylic acids is 1. The molecule has 0 aromatic heterocycles. The molecule has 0 spiro atoms. The minimum absolute atomic E-state index is 0.0669. The first-order chi connectivity index (χ1) is 9.85. The summed E-state index contributed by atoms with van der Waals surface area (Å²) in [5, 5.41) is 12.5. The summed E-state index contributed by atoms with van der Waals surface area (Å²) >= 11 is 0. The smallest absolute Gasteiger partial charge is 0.260 e. The van der Waals surface area contributed by atoms with Gasteiger partial charge in [0.2, 0.25) is 0 Å². The zero-order chi connectivity index (χ0) is 16.0. The lowest BCUT2D eigenvalue weighted by molar-refractivity contribution is -0.128. The highest BCUT2D eigenvalue weighted by atomic mass is 19.1. The summed E-state index contributed by atoms with van der Waals surface area (Å²) in [6.07, 6.45) is 0.308. The molecule has 118 valence electrons. The van der Waals surface area contributed by atoms with Crippen molar-refractivity contribution in [3.8, 4) is 5.75 Å². The first-order valence-electron chi connectivity index (χ1n) is 7.29. The van der Waals surface area contributed by atoms with Crippen molar-refractivity contribution in [1.82, 2.24) is 5.32 Å². The van der Waals surface area contributed by atoms with Crippen molar-refractivity contribution in [2.24, 2.45) is 0 Å². The molecular weight excluding hydrogens is 273 g/mol. The molecule has 5 heteroatoms. The van der Waals surface area contributed by atoms with Crippen LogP contribution in [0, 0.1) is 5.82 Å². The predicted molar refractivity (Wildman–Crippen MR) is 79.6 cm³/mol. The van der Waals surface area contributed by atoms with Crippen LogP contribution in [0.3, 0.4) is 0 Å². The normalized spacial score (nSPS) is 15.1. The molecule has 0 aliphatic rings. The van der Waals surface area contributed by atoms with Crippen LogP contribution in [0.1, 0.15) is 52.2 Å². The molecule has 1 aromatic rings. The Balaban J connectivity index is 2.76. The van der Waals surface area contributed by atoms with Gasteiger partial charge in [0.25, 0.3) is 5.91 Å². The van der Waals surface area contributed by atoms with Crippen molar-refractivity contribution in [3.63, 3.8) is 0 Å². The van der Waals surface area contributed by atoms with Crippen LogP contribution >= 0.6 is 0 Å². The van der Waals surface area contributed by atoms with Crippen LogP contribution < -0.4 is 10.1 Å². The number of nitrogens with one attached hydrogen (secondary N) is 1. The van der Waals surface area contributed by atoms with E-state index >= 15 is 0 Å². The maximum absolute atomic E-state index is 13.3. The van der Waals surface area contributed by atoms with E-state index in [0.29, 0.717) is 5.56 Å². The first-order valence-corrected chi connectivity index (χ1v) is 7.29. The zero-order valence-corrected chi connectivity index (χ0v) is 13.0. The van der Waals surface area contributed by atoms with Crippen molar-refractivity contribution in [2.45, 2.75) is 58.8 Å². The van der Waals surface area contributed by atoms with E-state index in [9.17, 15) is 14.3 Å². The van der Waals surface area contributed by atoms with Crippen LogP contribution in [0.4, 0.5) is 4.39 Å². The van der Waals surface area contributed by atoms with Gasteiger partial charge in [0.1, 0.15) is 11.6 Å². The number of halogens is 1. The van der Waals surface area contributed by atoms with E-state index in [1.165, 1.54) is 18.2 Å². The van der Waals surface area contributed by atoms with Crippen molar-refractivity contribution in [2.75, 3.05) is 0 Å². The molecule has 0 saturated carbocycles. The summed E-state index contributed by atoms with van der Waals surface area (Å²) in [6.45, 7) is 7.14. The number of ether oxygens (including phenoxy) is 1. The second-order valence-corrected chi connectivity index (χ2v) is 5.32. The number of rotatable bonds is 7. The molecule has 1 rings (SSSR count). The lowest BCUT2D eigenvalue weighted by Crippen LogP contribution is -2.41. The molecule has 0 fully saturated rings. The number of aliphatic hydroxyl groups is 1. The number of benzene rings is 1. The van der Waals surface area contributed by atoms with Gasteiger partial charge >= 0.3 is 0 Å². The SMILES string of the molecule is CCCC(C)NC(=O)C(C)Oc1cc(F)ccc1C(C)O. The molecule has 0 saturated heterocycles. The van der Waals surface area contributed by atoms with Crippen LogP contribution in [0.15, 0.2) is 18.2 Å². The number of aliphatic hydroxyl groups excluding tert-OH is 1. The van der Waals surface area contributed by atoms with Gasteiger partial charge < -0.3 is 15.2 Å². The fourth-order valence-corrected chi connectivity index (χ4v) is 2.06. The quantitative estimate of drug-likeness (QED) is 0.813. The summed E-state index contributed by atoms with van der Waals surface area (Å²) in [7, 11) is 0. The standard InChI is InChI=1S/C16H24FNO3/c1-5-6-10(2)18-16(20)12(4)21-15-9-13(17)7-8-14(15)11(3)19/h7-12,19H,5-6H2,1-4H3,(H,18,20). The maximum atomic E-state index is 13.3. The minimum atomic E-state index is -0.796. The third kappa shape index (κ3) is 5.34. The van der Waals surface area contributed by atoms with E-state index in [1.807, 2.05) is 13.8 Å². The van der Waals surface area contributed by atoms with Gasteiger partial charge in [-0.3, -0.25) is 4.79 Å². The van der Waals surface area contributed by atoms with Gasteiger partial charge in [0, 0.05) is 17.7 Å². The lowest BCUT2D eigenvalue weighted by atomic mass is 10.1. The van der Waals surface area contributed by atoms with Gasteiger partial charge in [-0.15, -0.1) is 0 Å². The molecule has 1 amide bonds. The Hall–Kier alpha value is -1.62. The topological polar surface area (TPSA) is 58.6 Å². The van der Waals surface area contributed by atoms with E-state index in [1.54, 1.807) is 13.8 Å². The van der Waals surface area contributed by atoms with Gasteiger partial charge in [-0.05, 0) is 39.3 Å². The molecule has 0 aliphatic heterocycles. The Morgan fingerprint density at radius 2 is 2.05 bits per heavy atom. The molecular formula is C16H24FNO3. The van der Waals surface area contributed by atoms with E-state index in [4.69, 9.17) is 4.74 Å². The second kappa shape index (κ2) is 7.98. The molecule has 3 unspecified atom stereocenters. The highest BCUT2D eigenvalue weighted by Gasteiger charge is 2.19. The molecule has 0 heterocycles. The Bertz CT molecular complexity index is 477. The highest BCUT2D eigenvalue weighted by Crippen LogP contribution is 2.26. The average molecular weight is 297 g/mol. The van der Waals surface area contributed by atoms with Crippen LogP contribution in [-0.4, -0.2) is 23.2 Å². The number of hydrogen-bond acceptors (Lipinski definition) is 3. The van der Waals surface area contributed by atoms with E-state index in [-0.39, 0.29) is 17.7 Å². The summed E-state index contributed by atoms with van der Waals surface area (Å²) < 4.78 is 18.8.